The largest absolute Gasteiger partial charge is 0.486 e. The average molecular weight is 386 g/mol. The van der Waals surface area contributed by atoms with E-state index in [0.29, 0.717) is 63.7 Å². The first kappa shape index (κ1) is 16.4. The Kier molecular flexibility index (Phi) is 3.72. The van der Waals surface area contributed by atoms with E-state index in [1.165, 1.54) is 0 Å². The molecule has 2 aromatic heterocycles. The van der Waals surface area contributed by atoms with Gasteiger partial charge < -0.3 is 19.3 Å². The zero-order valence-corrected chi connectivity index (χ0v) is 15.3. The van der Waals surface area contributed by atoms with Gasteiger partial charge in [0.05, 0.1) is 27.4 Å². The van der Waals surface area contributed by atoms with Gasteiger partial charge in [-0.05, 0) is 25.8 Å². The van der Waals surface area contributed by atoms with Gasteiger partial charge in [0.15, 0.2) is 11.5 Å². The highest BCUT2D eigenvalue weighted by Crippen LogP contribution is 2.41. The fourth-order valence-electron chi connectivity index (χ4n) is 3.23. The molecule has 0 atom stereocenters. The Hall–Kier alpha value is -2.80. The molecule has 0 radical (unpaired) electrons. The van der Waals surface area contributed by atoms with Gasteiger partial charge in [0.1, 0.15) is 13.2 Å². The highest BCUT2D eigenvalue weighted by Gasteiger charge is 2.29. The Morgan fingerprint density at radius 3 is 2.67 bits per heavy atom. The molecule has 1 aromatic carbocycles. The molecule has 27 heavy (non-hydrogen) atoms. The van der Waals surface area contributed by atoms with Gasteiger partial charge in [-0.1, -0.05) is 16.8 Å². The van der Waals surface area contributed by atoms with Crippen LogP contribution in [-0.2, 0) is 0 Å². The number of benzene rings is 1. The monoisotopic (exact) mass is 385 g/mol. The van der Waals surface area contributed by atoms with E-state index in [4.69, 9.17) is 25.6 Å². The number of carbonyl (C=O) groups excluding carboxylic acids is 1. The maximum absolute atomic E-state index is 13.1. The molecule has 0 unspecified atom stereocenters. The van der Waals surface area contributed by atoms with Crippen molar-refractivity contribution in [2.75, 3.05) is 18.5 Å². The Morgan fingerprint density at radius 2 is 1.93 bits per heavy atom. The molecule has 1 aliphatic heterocycles. The lowest BCUT2D eigenvalue weighted by molar-refractivity contribution is 0.102. The number of anilines is 1. The summed E-state index contributed by atoms with van der Waals surface area (Å²) in [4.78, 5) is 17.6. The Balaban J connectivity index is 1.54. The van der Waals surface area contributed by atoms with E-state index in [9.17, 15) is 4.79 Å². The van der Waals surface area contributed by atoms with Crippen LogP contribution in [0.5, 0.6) is 11.5 Å². The van der Waals surface area contributed by atoms with Gasteiger partial charge in [-0.15, -0.1) is 0 Å². The number of rotatable bonds is 3. The van der Waals surface area contributed by atoms with Crippen molar-refractivity contribution in [2.24, 2.45) is 0 Å². The molecular weight excluding hydrogens is 370 g/mol. The van der Waals surface area contributed by atoms with Crippen molar-refractivity contribution in [3.8, 4) is 11.5 Å². The van der Waals surface area contributed by atoms with Crippen molar-refractivity contribution >= 4 is 34.3 Å². The van der Waals surface area contributed by atoms with Crippen LogP contribution in [0.15, 0.2) is 22.7 Å². The second kappa shape index (κ2) is 6.13. The van der Waals surface area contributed by atoms with Crippen LogP contribution in [-0.4, -0.2) is 29.3 Å². The second-order valence-corrected chi connectivity index (χ2v) is 7.15. The summed E-state index contributed by atoms with van der Waals surface area (Å²) in [5, 5.41) is 7.82. The first-order valence-electron chi connectivity index (χ1n) is 8.77. The normalized spacial score (nSPS) is 15.8. The predicted octanol–water partition coefficient (Wildman–Crippen LogP) is 4.09. The zero-order valence-electron chi connectivity index (χ0n) is 14.5. The zero-order chi connectivity index (χ0) is 18.5. The summed E-state index contributed by atoms with van der Waals surface area (Å²) >= 11 is 6.32. The van der Waals surface area contributed by atoms with Gasteiger partial charge in [0, 0.05) is 23.7 Å². The summed E-state index contributed by atoms with van der Waals surface area (Å²) in [5.74, 6) is 1.21. The van der Waals surface area contributed by atoms with Crippen LogP contribution in [0.4, 0.5) is 5.69 Å². The topological polar surface area (TPSA) is 86.5 Å². The number of nitrogens with one attached hydrogen (secondary N) is 1. The van der Waals surface area contributed by atoms with Crippen LogP contribution in [0, 0.1) is 6.92 Å². The van der Waals surface area contributed by atoms with Gasteiger partial charge in [0.2, 0.25) is 0 Å². The number of carbonyl (C=O) groups is 1. The first-order valence-corrected chi connectivity index (χ1v) is 9.15. The van der Waals surface area contributed by atoms with Gasteiger partial charge in [-0.25, -0.2) is 4.98 Å². The number of hydrogen-bond donors (Lipinski definition) is 1. The maximum Gasteiger partial charge on any atom is 0.259 e. The third-order valence-electron chi connectivity index (χ3n) is 4.76. The number of nitrogens with zero attached hydrogens (tertiary/aromatic N) is 2. The molecule has 1 N–H and O–H groups in total. The fourth-order valence-corrected chi connectivity index (χ4v) is 3.43. The Bertz CT molecular complexity index is 1070. The molecule has 5 rings (SSSR count). The van der Waals surface area contributed by atoms with Crippen molar-refractivity contribution in [2.45, 2.75) is 25.7 Å². The van der Waals surface area contributed by atoms with Crippen LogP contribution in [0.1, 0.15) is 40.5 Å². The smallest absolute Gasteiger partial charge is 0.259 e. The highest BCUT2D eigenvalue weighted by molar-refractivity contribution is 6.34. The maximum atomic E-state index is 13.1. The summed E-state index contributed by atoms with van der Waals surface area (Å²) < 4.78 is 16.4. The number of aromatic nitrogens is 2. The summed E-state index contributed by atoms with van der Waals surface area (Å²) in [5.41, 5.74) is 2.80. The molecule has 1 fully saturated rings. The number of amides is 1. The van der Waals surface area contributed by atoms with E-state index in [1.807, 2.05) is 6.07 Å². The fraction of sp³-hybridized carbons (Fsp3) is 0.316. The lowest BCUT2D eigenvalue weighted by Crippen LogP contribution is -2.17. The quantitative estimate of drug-likeness (QED) is 0.730. The minimum Gasteiger partial charge on any atom is -0.486 e. The van der Waals surface area contributed by atoms with Crippen molar-refractivity contribution in [3.05, 3.63) is 40.2 Å². The molecule has 2 aliphatic rings. The molecular formula is C19H16ClN3O4. The number of aryl methyl sites for hydroxylation is 1. The van der Waals surface area contributed by atoms with E-state index in [0.717, 1.165) is 18.5 Å². The lowest BCUT2D eigenvalue weighted by Gasteiger charge is -2.20. The molecule has 0 saturated heterocycles. The van der Waals surface area contributed by atoms with Crippen LogP contribution in [0.2, 0.25) is 5.02 Å². The van der Waals surface area contributed by atoms with Gasteiger partial charge >= 0.3 is 0 Å². The molecule has 0 bridgehead atoms. The predicted molar refractivity (Wildman–Crippen MR) is 98.9 cm³/mol. The van der Waals surface area contributed by atoms with Gasteiger partial charge in [-0.2, -0.15) is 0 Å². The van der Waals surface area contributed by atoms with Crippen LogP contribution >= 0.6 is 11.6 Å². The Morgan fingerprint density at radius 1 is 1.19 bits per heavy atom. The summed E-state index contributed by atoms with van der Waals surface area (Å²) in [7, 11) is 0. The van der Waals surface area contributed by atoms with Crippen molar-refractivity contribution in [1.82, 2.24) is 10.1 Å². The molecule has 0 spiro atoms. The SMILES string of the molecule is Cc1noc2nc(C3CC3)cc(C(=O)Nc3cc4c(cc3Cl)OCCO4)c12. The molecule has 7 nitrogen and oxygen atoms in total. The standard InChI is InChI=1S/C19H16ClN3O4/c1-9-17-11(6-13(10-2-3-10)22-19(17)27-23-9)18(24)21-14-8-16-15(7-12(14)20)25-4-5-26-16/h6-8,10H,2-5H2,1H3,(H,21,24). The Labute approximate surface area is 159 Å². The molecule has 1 amide bonds. The molecule has 1 aliphatic carbocycles. The number of halogens is 1. The molecule has 8 heteroatoms. The van der Waals surface area contributed by atoms with Gasteiger partial charge in [0.25, 0.3) is 11.6 Å². The third kappa shape index (κ3) is 2.88. The second-order valence-electron chi connectivity index (χ2n) is 6.75. The minimum absolute atomic E-state index is 0.297. The van der Waals surface area contributed by atoms with E-state index < -0.39 is 0 Å². The molecule has 138 valence electrons. The number of ether oxygens (including phenoxy) is 2. The van der Waals surface area contributed by atoms with E-state index in [-0.39, 0.29) is 5.91 Å². The number of hydrogen-bond acceptors (Lipinski definition) is 6. The summed E-state index contributed by atoms with van der Waals surface area (Å²) in [6.45, 7) is 2.72. The first-order chi connectivity index (χ1) is 13.1. The molecule has 3 heterocycles. The highest BCUT2D eigenvalue weighted by atomic mass is 35.5. The summed E-state index contributed by atoms with van der Waals surface area (Å²) in [6.07, 6.45) is 2.14. The third-order valence-corrected chi connectivity index (χ3v) is 5.07. The number of pyridine rings is 1. The minimum atomic E-state index is -0.297. The molecule has 1 saturated carbocycles. The van der Waals surface area contributed by atoms with Crippen LogP contribution in [0.25, 0.3) is 11.1 Å². The lowest BCUT2D eigenvalue weighted by atomic mass is 10.1. The van der Waals surface area contributed by atoms with Gasteiger partial charge in [-0.3, -0.25) is 4.79 Å². The van der Waals surface area contributed by atoms with E-state index >= 15 is 0 Å². The summed E-state index contributed by atoms with van der Waals surface area (Å²) in [6, 6.07) is 5.15. The average Bonchev–Trinajstić information content (AvgIpc) is 3.45. The van der Waals surface area contributed by atoms with Crippen molar-refractivity contribution in [1.29, 1.82) is 0 Å². The molecule has 3 aromatic rings. The van der Waals surface area contributed by atoms with Crippen LogP contribution in [0.3, 0.4) is 0 Å². The van der Waals surface area contributed by atoms with E-state index in [2.05, 4.69) is 15.5 Å². The van der Waals surface area contributed by atoms with Crippen molar-refractivity contribution < 1.29 is 18.8 Å². The van der Waals surface area contributed by atoms with Crippen LogP contribution < -0.4 is 14.8 Å². The van der Waals surface area contributed by atoms with Crippen molar-refractivity contribution in [3.63, 3.8) is 0 Å². The van der Waals surface area contributed by atoms with E-state index in [1.54, 1.807) is 19.1 Å². The number of fused-ring (bicyclic) bond motifs is 2.